The molecule has 0 spiro atoms. The van der Waals surface area contributed by atoms with Gasteiger partial charge >= 0.3 is 6.09 Å². The van der Waals surface area contributed by atoms with Crippen molar-refractivity contribution in [3.8, 4) is 0 Å². The molecule has 1 aliphatic carbocycles. The van der Waals surface area contributed by atoms with Gasteiger partial charge in [0.1, 0.15) is 5.60 Å². The first-order valence-corrected chi connectivity index (χ1v) is 8.37. The van der Waals surface area contributed by atoms with Gasteiger partial charge in [0.05, 0.1) is 6.04 Å². The van der Waals surface area contributed by atoms with Crippen molar-refractivity contribution in [3.05, 3.63) is 5.82 Å². The quantitative estimate of drug-likeness (QED) is 0.856. The summed E-state index contributed by atoms with van der Waals surface area (Å²) in [7, 11) is 0. The fourth-order valence-corrected chi connectivity index (χ4v) is 3.26. The monoisotopic (exact) mass is 336 g/mol. The van der Waals surface area contributed by atoms with Crippen LogP contribution in [0.15, 0.2) is 0 Å². The van der Waals surface area contributed by atoms with Crippen LogP contribution in [0.1, 0.15) is 58.3 Å². The van der Waals surface area contributed by atoms with E-state index in [0.717, 1.165) is 19.4 Å². The Labute approximate surface area is 140 Å². The summed E-state index contributed by atoms with van der Waals surface area (Å²) in [6.07, 6.45) is 2.67. The van der Waals surface area contributed by atoms with Crippen molar-refractivity contribution in [1.29, 1.82) is 0 Å². The highest BCUT2D eigenvalue weighted by atomic mass is 16.6. The second-order valence-electron chi connectivity index (χ2n) is 7.47. The fourth-order valence-electron chi connectivity index (χ4n) is 3.26. The molecule has 0 aromatic carbocycles. The van der Waals surface area contributed by atoms with Crippen molar-refractivity contribution in [2.45, 2.75) is 64.1 Å². The molecule has 9 heteroatoms. The molecule has 0 radical (unpaired) electrons. The average Bonchev–Trinajstić information content (AvgIpc) is 3.08. The third-order valence-corrected chi connectivity index (χ3v) is 4.40. The van der Waals surface area contributed by atoms with Crippen LogP contribution in [0.2, 0.25) is 0 Å². The highest BCUT2D eigenvalue weighted by Gasteiger charge is 2.42. The number of ether oxygens (including phenoxy) is 1. The number of carbonyl (C=O) groups excluding carboxylic acids is 2. The number of rotatable bonds is 3. The summed E-state index contributed by atoms with van der Waals surface area (Å²) in [5.74, 6) is 0.630. The van der Waals surface area contributed by atoms with Crippen LogP contribution in [0.25, 0.3) is 0 Å². The van der Waals surface area contributed by atoms with Gasteiger partial charge in [-0.05, 0) is 46.5 Å². The molecule has 1 saturated heterocycles. The molecule has 9 nitrogen and oxygen atoms in total. The number of hydrogen-bond donors (Lipinski definition) is 2. The minimum absolute atomic E-state index is 0.0000262. The van der Waals surface area contributed by atoms with Crippen molar-refractivity contribution in [3.63, 3.8) is 0 Å². The fraction of sp³-hybridized carbons (Fsp3) is 0.800. The molecule has 1 aromatic rings. The third kappa shape index (κ3) is 3.65. The van der Waals surface area contributed by atoms with E-state index in [1.807, 2.05) is 25.7 Å². The zero-order chi connectivity index (χ0) is 17.3. The lowest BCUT2D eigenvalue weighted by atomic mass is 9.79. The molecular weight excluding hydrogens is 312 g/mol. The lowest BCUT2D eigenvalue weighted by molar-refractivity contribution is -0.140. The smallest absolute Gasteiger partial charge is 0.407 e. The maximum absolute atomic E-state index is 12.7. The normalized spacial score (nSPS) is 26.8. The van der Waals surface area contributed by atoms with Crippen LogP contribution in [0, 0.1) is 5.92 Å². The Morgan fingerprint density at radius 1 is 1.33 bits per heavy atom. The molecule has 1 saturated carbocycles. The van der Waals surface area contributed by atoms with Crippen molar-refractivity contribution in [2.75, 3.05) is 6.54 Å². The van der Waals surface area contributed by atoms with Gasteiger partial charge in [0, 0.05) is 18.5 Å². The second-order valence-corrected chi connectivity index (χ2v) is 7.47. The van der Waals surface area contributed by atoms with E-state index in [0.29, 0.717) is 18.7 Å². The molecular formula is C15H24N6O3. The lowest BCUT2D eigenvalue weighted by Gasteiger charge is -2.38. The average molecular weight is 336 g/mol. The first-order chi connectivity index (χ1) is 11.3. The number of nitrogens with one attached hydrogen (secondary N) is 2. The Hall–Kier alpha value is -2.19. The molecule has 0 bridgehead atoms. The highest BCUT2D eigenvalue weighted by molar-refractivity contribution is 5.81. The summed E-state index contributed by atoms with van der Waals surface area (Å²) in [6, 6.07) is -0.0888. The summed E-state index contributed by atoms with van der Waals surface area (Å²) in [5.41, 5.74) is -0.517. The number of likely N-dealkylation sites (tertiary alicyclic amines) is 1. The first kappa shape index (κ1) is 16.7. The predicted molar refractivity (Wildman–Crippen MR) is 83.7 cm³/mol. The molecule has 1 atom stereocenters. The number of aromatic amines is 1. The van der Waals surface area contributed by atoms with Crippen LogP contribution in [-0.2, 0) is 9.53 Å². The number of amides is 2. The van der Waals surface area contributed by atoms with Crippen LogP contribution in [0.5, 0.6) is 0 Å². The lowest BCUT2D eigenvalue weighted by Crippen LogP contribution is -2.51. The van der Waals surface area contributed by atoms with Crippen molar-refractivity contribution < 1.29 is 14.3 Å². The molecule has 1 aliphatic heterocycles. The Kier molecular flexibility index (Phi) is 4.42. The summed E-state index contributed by atoms with van der Waals surface area (Å²) in [6.45, 7) is 6.19. The summed E-state index contributed by atoms with van der Waals surface area (Å²) < 4.78 is 5.23. The minimum atomic E-state index is -0.517. The van der Waals surface area contributed by atoms with Gasteiger partial charge in [0.25, 0.3) is 0 Å². The summed E-state index contributed by atoms with van der Waals surface area (Å²) in [5, 5.41) is 16.8. The zero-order valence-corrected chi connectivity index (χ0v) is 14.3. The summed E-state index contributed by atoms with van der Waals surface area (Å²) in [4.78, 5) is 26.3. The summed E-state index contributed by atoms with van der Waals surface area (Å²) >= 11 is 0. The van der Waals surface area contributed by atoms with Gasteiger partial charge in [0.2, 0.25) is 5.91 Å². The zero-order valence-electron chi connectivity index (χ0n) is 14.3. The number of nitrogens with zero attached hydrogens (tertiary/aromatic N) is 4. The van der Waals surface area contributed by atoms with E-state index in [1.165, 1.54) is 0 Å². The van der Waals surface area contributed by atoms with E-state index in [2.05, 4.69) is 25.9 Å². The minimum Gasteiger partial charge on any atom is -0.444 e. The number of tetrazole rings is 1. The Balaban J connectivity index is 1.49. The van der Waals surface area contributed by atoms with Crippen LogP contribution < -0.4 is 5.32 Å². The van der Waals surface area contributed by atoms with Gasteiger partial charge < -0.3 is 15.0 Å². The van der Waals surface area contributed by atoms with Gasteiger partial charge in [-0.2, -0.15) is 5.21 Å². The molecule has 24 heavy (non-hydrogen) atoms. The van der Waals surface area contributed by atoms with E-state index in [1.54, 1.807) is 0 Å². The van der Waals surface area contributed by atoms with E-state index in [-0.39, 0.29) is 23.9 Å². The topological polar surface area (TPSA) is 113 Å². The molecule has 1 unspecified atom stereocenters. The third-order valence-electron chi connectivity index (χ3n) is 4.40. The van der Waals surface area contributed by atoms with Crippen LogP contribution in [0.3, 0.4) is 0 Å². The molecule has 2 heterocycles. The first-order valence-electron chi connectivity index (χ1n) is 8.37. The van der Waals surface area contributed by atoms with Crippen molar-refractivity contribution >= 4 is 12.0 Å². The largest absolute Gasteiger partial charge is 0.444 e. The molecule has 1 aromatic heterocycles. The number of carbonyl (C=O) groups is 2. The van der Waals surface area contributed by atoms with Gasteiger partial charge in [-0.25, -0.2) is 4.79 Å². The van der Waals surface area contributed by atoms with Gasteiger partial charge in [-0.1, -0.05) is 5.21 Å². The number of H-pyrrole nitrogens is 1. The Morgan fingerprint density at radius 2 is 2.08 bits per heavy atom. The molecule has 132 valence electrons. The predicted octanol–water partition coefficient (Wildman–Crippen LogP) is 1.17. The van der Waals surface area contributed by atoms with Gasteiger partial charge in [0.15, 0.2) is 5.82 Å². The van der Waals surface area contributed by atoms with Gasteiger partial charge in [-0.3, -0.25) is 4.79 Å². The number of aromatic nitrogens is 4. The molecule has 2 fully saturated rings. The van der Waals surface area contributed by atoms with Crippen molar-refractivity contribution in [1.82, 2.24) is 30.8 Å². The maximum Gasteiger partial charge on any atom is 0.407 e. The van der Waals surface area contributed by atoms with Crippen LogP contribution >= 0.6 is 0 Å². The number of hydrogen-bond acceptors (Lipinski definition) is 6. The maximum atomic E-state index is 12.7. The van der Waals surface area contributed by atoms with Crippen molar-refractivity contribution in [2.24, 2.45) is 5.92 Å². The molecule has 2 aliphatic rings. The molecule has 2 N–H and O–H groups in total. The second kappa shape index (κ2) is 6.37. The van der Waals surface area contributed by atoms with Gasteiger partial charge in [-0.15, -0.1) is 10.2 Å². The molecule has 3 rings (SSSR count). The van der Waals surface area contributed by atoms with Crippen LogP contribution in [-0.4, -0.2) is 55.7 Å². The van der Waals surface area contributed by atoms with E-state index in [9.17, 15) is 9.59 Å². The number of alkyl carbamates (subject to hydrolysis) is 1. The standard InChI is InChI=1S/C15H24N6O3/c1-15(2,3)24-14(23)16-10-7-9(8-10)13(22)21-6-4-5-11(21)12-17-19-20-18-12/h9-11H,4-8H2,1-3H3,(H,16,23)(H,17,18,19,20). The van der Waals surface area contributed by atoms with E-state index in [4.69, 9.17) is 4.74 Å². The Bertz CT molecular complexity index is 591. The SMILES string of the molecule is CC(C)(C)OC(=O)NC1CC(C(=O)N2CCCC2c2nn[nH]n2)C1. The van der Waals surface area contributed by atoms with E-state index < -0.39 is 11.7 Å². The van der Waals surface area contributed by atoms with E-state index >= 15 is 0 Å². The highest BCUT2D eigenvalue weighted by Crippen LogP contribution is 2.36. The van der Waals surface area contributed by atoms with Crippen LogP contribution in [0.4, 0.5) is 4.79 Å². The Morgan fingerprint density at radius 3 is 2.71 bits per heavy atom. The molecule has 2 amide bonds.